The SMILES string of the molecule is Cc1cc(N2CCC[C@H](O)C2)ncc1[N+](=O)[O-]. The second kappa shape index (κ2) is 4.67. The maximum atomic E-state index is 10.7. The number of hydrogen-bond acceptors (Lipinski definition) is 5. The molecule has 0 radical (unpaired) electrons. The van der Waals surface area contributed by atoms with Gasteiger partial charge in [-0.1, -0.05) is 0 Å². The van der Waals surface area contributed by atoms with Crippen molar-refractivity contribution in [3.63, 3.8) is 0 Å². The zero-order chi connectivity index (χ0) is 12.4. The first kappa shape index (κ1) is 11.8. The summed E-state index contributed by atoms with van der Waals surface area (Å²) in [7, 11) is 0. The van der Waals surface area contributed by atoms with Crippen molar-refractivity contribution in [3.8, 4) is 0 Å². The van der Waals surface area contributed by atoms with E-state index in [1.165, 1.54) is 6.20 Å². The Balaban J connectivity index is 2.22. The molecular formula is C11H15N3O3. The van der Waals surface area contributed by atoms with Crippen molar-refractivity contribution in [2.24, 2.45) is 0 Å². The molecule has 0 aliphatic carbocycles. The lowest BCUT2D eigenvalue weighted by molar-refractivity contribution is -0.385. The predicted octanol–water partition coefficient (Wildman–Crippen LogP) is 1.26. The molecule has 0 saturated carbocycles. The van der Waals surface area contributed by atoms with Crippen LogP contribution in [-0.4, -0.2) is 34.2 Å². The highest BCUT2D eigenvalue weighted by Gasteiger charge is 2.20. The molecule has 0 bridgehead atoms. The number of aliphatic hydroxyl groups excluding tert-OH is 1. The van der Waals surface area contributed by atoms with Crippen LogP contribution in [0.25, 0.3) is 0 Å². The van der Waals surface area contributed by atoms with Gasteiger partial charge in [0, 0.05) is 18.7 Å². The number of hydrogen-bond donors (Lipinski definition) is 1. The van der Waals surface area contributed by atoms with Gasteiger partial charge in [-0.15, -0.1) is 0 Å². The lowest BCUT2D eigenvalue weighted by Crippen LogP contribution is -2.38. The van der Waals surface area contributed by atoms with Gasteiger partial charge in [-0.3, -0.25) is 10.1 Å². The molecule has 6 nitrogen and oxygen atoms in total. The molecule has 17 heavy (non-hydrogen) atoms. The van der Waals surface area contributed by atoms with Crippen LogP contribution in [0.1, 0.15) is 18.4 Å². The van der Waals surface area contributed by atoms with E-state index in [2.05, 4.69) is 4.98 Å². The number of pyridine rings is 1. The summed E-state index contributed by atoms with van der Waals surface area (Å²) in [5.41, 5.74) is 0.631. The summed E-state index contributed by atoms with van der Waals surface area (Å²) < 4.78 is 0. The summed E-state index contributed by atoms with van der Waals surface area (Å²) in [6.07, 6.45) is 2.67. The van der Waals surface area contributed by atoms with Crippen LogP contribution >= 0.6 is 0 Å². The van der Waals surface area contributed by atoms with E-state index in [1.807, 2.05) is 4.90 Å². The zero-order valence-electron chi connectivity index (χ0n) is 9.67. The maximum absolute atomic E-state index is 10.7. The van der Waals surface area contributed by atoms with E-state index >= 15 is 0 Å². The molecule has 1 atom stereocenters. The van der Waals surface area contributed by atoms with Crippen molar-refractivity contribution in [2.75, 3.05) is 18.0 Å². The van der Waals surface area contributed by atoms with E-state index in [0.29, 0.717) is 17.9 Å². The van der Waals surface area contributed by atoms with Crippen molar-refractivity contribution >= 4 is 11.5 Å². The summed E-state index contributed by atoms with van der Waals surface area (Å²) in [5.74, 6) is 0.701. The van der Waals surface area contributed by atoms with Gasteiger partial charge < -0.3 is 10.0 Å². The molecule has 0 amide bonds. The number of anilines is 1. The van der Waals surface area contributed by atoms with Gasteiger partial charge in [0.25, 0.3) is 5.69 Å². The second-order valence-corrected chi connectivity index (χ2v) is 4.33. The second-order valence-electron chi connectivity index (χ2n) is 4.33. The average Bonchev–Trinajstić information content (AvgIpc) is 2.28. The Kier molecular flexibility index (Phi) is 3.23. The number of nitro groups is 1. The van der Waals surface area contributed by atoms with Crippen molar-refractivity contribution in [1.29, 1.82) is 0 Å². The number of β-amino-alcohol motifs (C(OH)–C–C–N with tert-alkyl or cyclic N) is 1. The Morgan fingerprint density at radius 1 is 1.65 bits per heavy atom. The number of rotatable bonds is 2. The van der Waals surface area contributed by atoms with E-state index in [4.69, 9.17) is 0 Å². The molecule has 1 aromatic rings. The van der Waals surface area contributed by atoms with Gasteiger partial charge >= 0.3 is 0 Å². The Morgan fingerprint density at radius 3 is 3.00 bits per heavy atom. The van der Waals surface area contributed by atoms with Crippen molar-refractivity contribution < 1.29 is 10.0 Å². The van der Waals surface area contributed by atoms with E-state index in [1.54, 1.807) is 13.0 Å². The number of aryl methyl sites for hydroxylation is 1. The van der Waals surface area contributed by atoms with Gasteiger partial charge in [-0.05, 0) is 25.8 Å². The third kappa shape index (κ3) is 2.52. The summed E-state index contributed by atoms with van der Waals surface area (Å²) >= 11 is 0. The van der Waals surface area contributed by atoms with Crippen LogP contribution in [0.3, 0.4) is 0 Å². The monoisotopic (exact) mass is 237 g/mol. The summed E-state index contributed by atoms with van der Waals surface area (Å²) in [4.78, 5) is 16.3. The van der Waals surface area contributed by atoms with Gasteiger partial charge in [0.05, 0.1) is 11.0 Å². The molecule has 1 aromatic heterocycles. The van der Waals surface area contributed by atoms with Crippen LogP contribution in [0.2, 0.25) is 0 Å². The Labute approximate surface area is 99.0 Å². The third-order valence-electron chi connectivity index (χ3n) is 2.99. The normalized spacial score (nSPS) is 20.4. The molecular weight excluding hydrogens is 222 g/mol. The molecule has 1 fully saturated rings. The van der Waals surface area contributed by atoms with Crippen LogP contribution in [0, 0.1) is 17.0 Å². The largest absolute Gasteiger partial charge is 0.391 e. The Morgan fingerprint density at radius 2 is 2.41 bits per heavy atom. The van der Waals surface area contributed by atoms with Gasteiger partial charge in [-0.2, -0.15) is 0 Å². The molecule has 1 saturated heterocycles. The van der Waals surface area contributed by atoms with Crippen molar-refractivity contribution in [1.82, 2.24) is 4.98 Å². The quantitative estimate of drug-likeness (QED) is 0.618. The minimum Gasteiger partial charge on any atom is -0.391 e. The van der Waals surface area contributed by atoms with Crippen molar-refractivity contribution in [3.05, 3.63) is 27.9 Å². The minimum absolute atomic E-state index is 0.0336. The standard InChI is InChI=1S/C11H15N3O3/c1-8-5-11(12-6-10(8)14(16)17)13-4-2-3-9(15)7-13/h5-6,9,15H,2-4,7H2,1H3/t9-/m0/s1. The van der Waals surface area contributed by atoms with Crippen LogP contribution in [0.15, 0.2) is 12.3 Å². The molecule has 0 aromatic carbocycles. The highest BCUT2D eigenvalue weighted by Crippen LogP contribution is 2.23. The molecule has 92 valence electrons. The zero-order valence-corrected chi connectivity index (χ0v) is 9.67. The topological polar surface area (TPSA) is 79.5 Å². The third-order valence-corrected chi connectivity index (χ3v) is 2.99. The van der Waals surface area contributed by atoms with Gasteiger partial charge in [-0.25, -0.2) is 4.98 Å². The smallest absolute Gasteiger partial charge is 0.290 e. The van der Waals surface area contributed by atoms with Gasteiger partial charge in [0.2, 0.25) is 0 Å². The first-order valence-corrected chi connectivity index (χ1v) is 5.62. The van der Waals surface area contributed by atoms with Gasteiger partial charge in [0.15, 0.2) is 0 Å². The van der Waals surface area contributed by atoms with Crippen LogP contribution in [0.4, 0.5) is 11.5 Å². The molecule has 2 heterocycles. The molecule has 1 N–H and O–H groups in total. The van der Waals surface area contributed by atoms with Crippen LogP contribution < -0.4 is 4.90 Å². The minimum atomic E-state index is -0.433. The molecule has 0 unspecified atom stereocenters. The van der Waals surface area contributed by atoms with E-state index in [-0.39, 0.29) is 11.8 Å². The first-order valence-electron chi connectivity index (χ1n) is 5.62. The number of nitrogens with zero attached hydrogens (tertiary/aromatic N) is 3. The fraction of sp³-hybridized carbons (Fsp3) is 0.545. The Hall–Kier alpha value is -1.69. The molecule has 1 aliphatic rings. The van der Waals surface area contributed by atoms with Gasteiger partial charge in [0.1, 0.15) is 12.0 Å². The molecule has 6 heteroatoms. The van der Waals surface area contributed by atoms with E-state index in [0.717, 1.165) is 19.4 Å². The van der Waals surface area contributed by atoms with E-state index in [9.17, 15) is 15.2 Å². The predicted molar refractivity (Wildman–Crippen MR) is 63.1 cm³/mol. The van der Waals surface area contributed by atoms with Crippen molar-refractivity contribution in [2.45, 2.75) is 25.9 Å². The Bertz CT molecular complexity index is 436. The molecule has 2 rings (SSSR count). The highest BCUT2D eigenvalue weighted by molar-refractivity contribution is 5.48. The van der Waals surface area contributed by atoms with Crippen LogP contribution in [-0.2, 0) is 0 Å². The summed E-state index contributed by atoms with van der Waals surface area (Å²) in [5, 5.41) is 20.2. The highest BCUT2D eigenvalue weighted by atomic mass is 16.6. The fourth-order valence-corrected chi connectivity index (χ4v) is 2.06. The lowest BCUT2D eigenvalue weighted by atomic mass is 10.1. The fourth-order valence-electron chi connectivity index (χ4n) is 2.06. The number of piperidine rings is 1. The maximum Gasteiger partial charge on any atom is 0.290 e. The molecule has 1 aliphatic heterocycles. The lowest BCUT2D eigenvalue weighted by Gasteiger charge is -2.31. The van der Waals surface area contributed by atoms with Crippen LogP contribution in [0.5, 0.6) is 0 Å². The average molecular weight is 237 g/mol. The number of aromatic nitrogens is 1. The molecule has 0 spiro atoms. The summed E-state index contributed by atoms with van der Waals surface area (Å²) in [6, 6.07) is 1.70. The number of aliphatic hydroxyl groups is 1. The van der Waals surface area contributed by atoms with E-state index < -0.39 is 4.92 Å². The first-order chi connectivity index (χ1) is 8.08. The summed E-state index contributed by atoms with van der Waals surface area (Å²) in [6.45, 7) is 3.08.